The molecule has 3 aromatic rings. The number of fused-ring (bicyclic) bond motifs is 4. The lowest BCUT2D eigenvalue weighted by atomic mass is 9.97. The number of carbonyl (C=O) groups excluding carboxylic acids is 3. The van der Waals surface area contributed by atoms with Crippen LogP contribution in [-0.4, -0.2) is 74.4 Å². The number of aldehydes is 1. The Bertz CT molecular complexity index is 1690. The molecular formula is C31H35FN8O3. The quantitative estimate of drug-likeness (QED) is 0.334. The summed E-state index contributed by atoms with van der Waals surface area (Å²) in [5.41, 5.74) is 4.09. The van der Waals surface area contributed by atoms with Gasteiger partial charge in [-0.25, -0.2) is 9.37 Å². The SMILES string of the molecule is C=C(Nc1cc2n(n1)CCN(C)C2)C(=O)N(C)/C=C(\C)c1ccnc(N2CCn3c4c(c(F)c3C2=O)CCCC4)c1C=O. The van der Waals surface area contributed by atoms with Gasteiger partial charge in [0, 0.05) is 62.9 Å². The Kier molecular flexibility index (Phi) is 7.47. The summed E-state index contributed by atoms with van der Waals surface area (Å²) >= 11 is 0. The van der Waals surface area contributed by atoms with Crippen LogP contribution in [0, 0.1) is 5.82 Å². The van der Waals surface area contributed by atoms with Crippen LogP contribution in [0.5, 0.6) is 0 Å². The normalized spacial score (nSPS) is 16.8. The molecule has 3 aliphatic rings. The molecule has 12 heteroatoms. The molecule has 11 nitrogen and oxygen atoms in total. The molecule has 5 heterocycles. The smallest absolute Gasteiger partial charge is 0.279 e. The Morgan fingerprint density at radius 2 is 1.98 bits per heavy atom. The number of halogens is 1. The van der Waals surface area contributed by atoms with Gasteiger partial charge < -0.3 is 14.8 Å². The molecule has 1 aliphatic carbocycles. The molecule has 0 saturated carbocycles. The van der Waals surface area contributed by atoms with Crippen LogP contribution < -0.4 is 10.2 Å². The number of aromatic nitrogens is 4. The predicted octanol–water partition coefficient (Wildman–Crippen LogP) is 3.46. The Morgan fingerprint density at radius 1 is 1.19 bits per heavy atom. The summed E-state index contributed by atoms with van der Waals surface area (Å²) in [4.78, 5) is 48.5. The van der Waals surface area contributed by atoms with Gasteiger partial charge in [0.1, 0.15) is 11.5 Å². The second-order valence-corrected chi connectivity index (χ2v) is 11.4. The maximum atomic E-state index is 15.4. The third kappa shape index (κ3) is 5.05. The largest absolute Gasteiger partial charge is 0.336 e. The van der Waals surface area contributed by atoms with Crippen molar-refractivity contribution in [2.75, 3.05) is 37.4 Å². The van der Waals surface area contributed by atoms with Crippen molar-refractivity contribution < 1.29 is 18.8 Å². The van der Waals surface area contributed by atoms with Crippen LogP contribution in [0.25, 0.3) is 5.57 Å². The van der Waals surface area contributed by atoms with Gasteiger partial charge in [-0.05, 0) is 56.9 Å². The summed E-state index contributed by atoms with van der Waals surface area (Å²) in [6.07, 6.45) is 7.02. The van der Waals surface area contributed by atoms with E-state index < -0.39 is 11.7 Å². The second kappa shape index (κ2) is 11.3. The summed E-state index contributed by atoms with van der Waals surface area (Å²) in [5, 5.41) is 7.54. The molecule has 0 unspecified atom stereocenters. The number of anilines is 2. The molecule has 0 atom stereocenters. The zero-order valence-electron chi connectivity index (χ0n) is 24.7. The number of allylic oxidation sites excluding steroid dienone is 1. The van der Waals surface area contributed by atoms with E-state index in [1.807, 2.05) is 17.8 Å². The molecule has 0 aromatic carbocycles. The number of hydrogen-bond acceptors (Lipinski definition) is 7. The van der Waals surface area contributed by atoms with E-state index in [1.54, 1.807) is 30.8 Å². The van der Waals surface area contributed by atoms with Crippen LogP contribution in [-0.2, 0) is 37.3 Å². The minimum atomic E-state index is -0.505. The van der Waals surface area contributed by atoms with E-state index >= 15 is 4.39 Å². The van der Waals surface area contributed by atoms with E-state index in [-0.39, 0.29) is 35.2 Å². The van der Waals surface area contributed by atoms with Crippen molar-refractivity contribution in [2.24, 2.45) is 0 Å². The predicted molar refractivity (Wildman–Crippen MR) is 160 cm³/mol. The first-order valence-electron chi connectivity index (χ1n) is 14.5. The zero-order valence-corrected chi connectivity index (χ0v) is 24.7. The number of likely N-dealkylation sites (N-methyl/N-ethyl adjacent to an activating group) is 2. The van der Waals surface area contributed by atoms with Gasteiger partial charge in [-0.15, -0.1) is 0 Å². The highest BCUT2D eigenvalue weighted by Gasteiger charge is 2.36. The van der Waals surface area contributed by atoms with E-state index in [4.69, 9.17) is 0 Å². The van der Waals surface area contributed by atoms with Crippen LogP contribution in [0.4, 0.5) is 16.0 Å². The lowest BCUT2D eigenvalue weighted by molar-refractivity contribution is -0.123. The minimum absolute atomic E-state index is 0.0383. The van der Waals surface area contributed by atoms with Crippen molar-refractivity contribution in [3.8, 4) is 0 Å². The third-order valence-electron chi connectivity index (χ3n) is 8.50. The third-order valence-corrected chi connectivity index (χ3v) is 8.50. The molecule has 2 aliphatic heterocycles. The van der Waals surface area contributed by atoms with Crippen molar-refractivity contribution in [2.45, 2.75) is 52.2 Å². The van der Waals surface area contributed by atoms with Gasteiger partial charge in [-0.1, -0.05) is 6.58 Å². The highest BCUT2D eigenvalue weighted by atomic mass is 19.1. The fourth-order valence-electron chi connectivity index (χ4n) is 6.34. The average Bonchev–Trinajstić information content (AvgIpc) is 3.53. The van der Waals surface area contributed by atoms with Crippen molar-refractivity contribution in [3.63, 3.8) is 0 Å². The molecule has 43 heavy (non-hydrogen) atoms. The van der Waals surface area contributed by atoms with Crippen molar-refractivity contribution in [1.29, 1.82) is 0 Å². The Labute approximate surface area is 249 Å². The number of rotatable bonds is 7. The van der Waals surface area contributed by atoms with Crippen LogP contribution >= 0.6 is 0 Å². The number of amides is 2. The van der Waals surface area contributed by atoms with Crippen LogP contribution in [0.3, 0.4) is 0 Å². The fraction of sp³-hybridized carbons (Fsp3) is 0.387. The van der Waals surface area contributed by atoms with Crippen LogP contribution in [0.15, 0.2) is 36.8 Å². The standard InChI is InChI=1S/C31H35FN8O3/c1-19(16-37(4)30(42)20(2)34-26-15-21-17-36(3)11-14-40(21)35-26)22-9-10-33-29(24(22)18-41)39-13-12-38-25-8-6-5-7-23(25)27(32)28(38)31(39)43/h9-10,15-16,18H,2,5-8,11-14,17H2,1,3-4H3,(H,34,35)/b19-16+. The zero-order chi connectivity index (χ0) is 30.4. The lowest BCUT2D eigenvalue weighted by Gasteiger charge is -2.30. The molecule has 0 bridgehead atoms. The van der Waals surface area contributed by atoms with Gasteiger partial charge in [0.2, 0.25) is 0 Å². The molecule has 0 spiro atoms. The van der Waals surface area contributed by atoms with Crippen molar-refractivity contribution in [3.05, 3.63) is 76.4 Å². The molecule has 224 valence electrons. The second-order valence-electron chi connectivity index (χ2n) is 11.4. The summed E-state index contributed by atoms with van der Waals surface area (Å²) < 4.78 is 19.1. The number of pyridine rings is 1. The Balaban J connectivity index is 1.22. The monoisotopic (exact) mass is 586 g/mol. The van der Waals surface area contributed by atoms with Crippen LogP contribution in [0.2, 0.25) is 0 Å². The lowest BCUT2D eigenvalue weighted by Crippen LogP contribution is -2.42. The molecular weight excluding hydrogens is 551 g/mol. The molecule has 0 radical (unpaired) electrons. The topological polar surface area (TPSA) is 109 Å². The summed E-state index contributed by atoms with van der Waals surface area (Å²) in [6.45, 7) is 8.81. The van der Waals surface area contributed by atoms with Gasteiger partial charge in [-0.2, -0.15) is 5.10 Å². The first-order chi connectivity index (χ1) is 20.7. The highest BCUT2D eigenvalue weighted by Crippen LogP contribution is 2.34. The highest BCUT2D eigenvalue weighted by molar-refractivity contribution is 6.08. The summed E-state index contributed by atoms with van der Waals surface area (Å²) in [7, 11) is 3.65. The average molecular weight is 587 g/mol. The van der Waals surface area contributed by atoms with E-state index in [0.717, 1.165) is 50.3 Å². The van der Waals surface area contributed by atoms with E-state index in [1.165, 1.54) is 16.0 Å². The maximum absolute atomic E-state index is 15.4. The number of hydrogen-bond donors (Lipinski definition) is 1. The van der Waals surface area contributed by atoms with Gasteiger partial charge in [0.25, 0.3) is 11.8 Å². The molecule has 6 rings (SSSR count). The van der Waals surface area contributed by atoms with Crippen LogP contribution in [0.1, 0.15) is 63.1 Å². The number of nitrogens with zero attached hydrogens (tertiary/aromatic N) is 7. The van der Waals surface area contributed by atoms with E-state index in [2.05, 4.69) is 26.9 Å². The van der Waals surface area contributed by atoms with E-state index in [0.29, 0.717) is 41.8 Å². The first kappa shape index (κ1) is 28.5. The number of nitrogens with one attached hydrogen (secondary N) is 1. The molecule has 3 aromatic heterocycles. The summed E-state index contributed by atoms with van der Waals surface area (Å²) in [5.74, 6) is -0.620. The van der Waals surface area contributed by atoms with E-state index in [9.17, 15) is 14.4 Å². The first-order valence-corrected chi connectivity index (χ1v) is 14.5. The Hall–Kier alpha value is -4.58. The van der Waals surface area contributed by atoms with Crippen molar-refractivity contribution in [1.82, 2.24) is 29.1 Å². The van der Waals surface area contributed by atoms with Gasteiger partial charge in [0.15, 0.2) is 17.9 Å². The van der Waals surface area contributed by atoms with Gasteiger partial charge in [0.05, 0.1) is 23.5 Å². The summed E-state index contributed by atoms with van der Waals surface area (Å²) in [6, 6.07) is 3.57. The number of carbonyl (C=O) groups is 3. The molecule has 2 amide bonds. The fourth-order valence-corrected chi connectivity index (χ4v) is 6.34. The van der Waals surface area contributed by atoms with Gasteiger partial charge in [-0.3, -0.25) is 28.9 Å². The molecule has 1 N–H and O–H groups in total. The van der Waals surface area contributed by atoms with Crippen molar-refractivity contribution >= 4 is 35.3 Å². The maximum Gasteiger partial charge on any atom is 0.279 e. The molecule has 0 fully saturated rings. The minimum Gasteiger partial charge on any atom is -0.336 e. The Morgan fingerprint density at radius 3 is 2.77 bits per heavy atom. The molecule has 0 saturated heterocycles. The van der Waals surface area contributed by atoms with Gasteiger partial charge >= 0.3 is 0 Å².